The van der Waals surface area contributed by atoms with Crippen LogP contribution in [0.15, 0.2) is 0 Å². The van der Waals surface area contributed by atoms with E-state index < -0.39 is 36.2 Å². The number of ether oxygens (including phenoxy) is 2. The molecule has 7 heteroatoms. The van der Waals surface area contributed by atoms with Gasteiger partial charge in [0.25, 0.3) is 0 Å². The van der Waals surface area contributed by atoms with Crippen LogP contribution in [0.5, 0.6) is 0 Å². The van der Waals surface area contributed by atoms with Gasteiger partial charge in [0, 0.05) is 12.5 Å². The van der Waals surface area contributed by atoms with Crippen LogP contribution in [0, 0.1) is 0 Å². The van der Waals surface area contributed by atoms with Crippen molar-refractivity contribution >= 4 is 12.1 Å². The number of likely N-dealkylation sites (tertiary alicyclic amines) is 1. The molecule has 0 spiro atoms. The molecular weight excluding hydrogens is 284 g/mol. The maximum absolute atomic E-state index is 12.4. The Morgan fingerprint density at radius 1 is 1.29 bits per heavy atom. The van der Waals surface area contributed by atoms with E-state index in [4.69, 9.17) is 4.74 Å². The molecule has 1 fully saturated rings. The van der Waals surface area contributed by atoms with E-state index in [1.54, 1.807) is 20.8 Å². The third-order valence-corrected chi connectivity index (χ3v) is 3.30. The summed E-state index contributed by atoms with van der Waals surface area (Å²) in [6.45, 7) is 5.13. The quantitative estimate of drug-likeness (QED) is 0.749. The van der Waals surface area contributed by atoms with Gasteiger partial charge in [0.15, 0.2) is 0 Å². The smallest absolute Gasteiger partial charge is 0.411 e. The first-order valence-electron chi connectivity index (χ1n) is 7.03. The lowest BCUT2D eigenvalue weighted by atomic mass is 10.1. The van der Waals surface area contributed by atoms with E-state index in [0.29, 0.717) is 12.8 Å². The van der Waals surface area contributed by atoms with Gasteiger partial charge in [-0.2, -0.15) is 0 Å². The van der Waals surface area contributed by atoms with E-state index >= 15 is 0 Å². The Balaban J connectivity index is 2.84. The van der Waals surface area contributed by atoms with E-state index in [0.717, 1.165) is 0 Å². The number of nitrogens with zero attached hydrogens (tertiary/aromatic N) is 1. The van der Waals surface area contributed by atoms with Gasteiger partial charge < -0.3 is 9.47 Å². The van der Waals surface area contributed by atoms with Gasteiger partial charge in [-0.25, -0.2) is 18.4 Å². The predicted octanol–water partition coefficient (Wildman–Crippen LogP) is 2.97. The van der Waals surface area contributed by atoms with Crippen LogP contribution in [0.25, 0.3) is 0 Å². The van der Waals surface area contributed by atoms with Gasteiger partial charge in [-0.3, -0.25) is 4.90 Å². The van der Waals surface area contributed by atoms with Crippen molar-refractivity contribution in [2.75, 3.05) is 7.11 Å². The minimum absolute atomic E-state index is 0.143. The topological polar surface area (TPSA) is 55.8 Å². The average molecular weight is 307 g/mol. The van der Waals surface area contributed by atoms with Gasteiger partial charge in [0.2, 0.25) is 6.43 Å². The molecule has 2 atom stereocenters. The number of hydrogen-bond donors (Lipinski definition) is 0. The fourth-order valence-electron chi connectivity index (χ4n) is 2.44. The Morgan fingerprint density at radius 3 is 2.38 bits per heavy atom. The summed E-state index contributed by atoms with van der Waals surface area (Å²) in [6.07, 6.45) is -2.36. The van der Waals surface area contributed by atoms with E-state index in [1.807, 2.05) is 0 Å². The first kappa shape index (κ1) is 17.7. The minimum atomic E-state index is -2.43. The van der Waals surface area contributed by atoms with Crippen molar-refractivity contribution in [3.8, 4) is 0 Å². The third kappa shape index (κ3) is 5.13. The molecule has 1 aliphatic rings. The van der Waals surface area contributed by atoms with E-state index in [-0.39, 0.29) is 12.8 Å². The minimum Gasteiger partial charge on any atom is -0.467 e. The average Bonchev–Trinajstić information content (AvgIpc) is 2.77. The first-order chi connectivity index (χ1) is 9.65. The SMILES string of the molecule is COC(=O)[C@H]1CC[C@@H](CCC(F)F)N1C(=O)OC(C)(C)C. The first-order valence-corrected chi connectivity index (χ1v) is 7.03. The van der Waals surface area contributed by atoms with E-state index in [1.165, 1.54) is 12.0 Å². The second-order valence-electron chi connectivity index (χ2n) is 6.13. The van der Waals surface area contributed by atoms with Crippen molar-refractivity contribution < 1.29 is 27.8 Å². The van der Waals surface area contributed by atoms with E-state index in [9.17, 15) is 18.4 Å². The Kier molecular flexibility index (Phi) is 5.92. The Hall–Kier alpha value is -1.40. The molecule has 0 aliphatic carbocycles. The molecule has 0 radical (unpaired) electrons. The molecule has 0 bridgehead atoms. The molecule has 1 amide bonds. The number of halogens is 2. The van der Waals surface area contributed by atoms with Crippen LogP contribution < -0.4 is 0 Å². The van der Waals surface area contributed by atoms with Gasteiger partial charge >= 0.3 is 12.1 Å². The molecule has 5 nitrogen and oxygen atoms in total. The number of rotatable bonds is 4. The number of carbonyl (C=O) groups is 2. The number of methoxy groups -OCH3 is 1. The summed E-state index contributed by atoms with van der Waals surface area (Å²) in [6, 6.07) is -1.18. The van der Waals surface area contributed by atoms with Gasteiger partial charge in [-0.05, 0) is 40.0 Å². The molecule has 1 rings (SSSR count). The van der Waals surface area contributed by atoms with Gasteiger partial charge in [-0.15, -0.1) is 0 Å². The summed E-state index contributed by atoms with van der Waals surface area (Å²) < 4.78 is 34.7. The molecule has 21 heavy (non-hydrogen) atoms. The van der Waals surface area contributed by atoms with Crippen LogP contribution in [-0.4, -0.2) is 48.2 Å². The molecule has 0 unspecified atom stereocenters. The number of esters is 1. The fourth-order valence-corrected chi connectivity index (χ4v) is 2.44. The molecule has 0 aromatic carbocycles. The highest BCUT2D eigenvalue weighted by atomic mass is 19.3. The van der Waals surface area contributed by atoms with Crippen LogP contribution in [-0.2, 0) is 14.3 Å². The molecule has 1 aliphatic heterocycles. The van der Waals surface area contributed by atoms with Crippen LogP contribution in [0.1, 0.15) is 46.5 Å². The zero-order valence-electron chi connectivity index (χ0n) is 12.9. The fraction of sp³-hybridized carbons (Fsp3) is 0.857. The molecule has 1 heterocycles. The summed E-state index contributed by atoms with van der Waals surface area (Å²) in [4.78, 5) is 25.3. The van der Waals surface area contributed by atoms with Gasteiger partial charge in [-0.1, -0.05) is 0 Å². The Labute approximate surface area is 123 Å². The third-order valence-electron chi connectivity index (χ3n) is 3.30. The van der Waals surface area contributed by atoms with Crippen LogP contribution in [0.2, 0.25) is 0 Å². The van der Waals surface area contributed by atoms with Crippen molar-refractivity contribution in [3.63, 3.8) is 0 Å². The van der Waals surface area contributed by atoms with Crippen molar-refractivity contribution in [1.29, 1.82) is 0 Å². The van der Waals surface area contributed by atoms with Gasteiger partial charge in [0.1, 0.15) is 11.6 Å². The lowest BCUT2D eigenvalue weighted by molar-refractivity contribution is -0.146. The Bertz CT molecular complexity index is 382. The normalized spacial score (nSPS) is 22.5. The number of hydrogen-bond acceptors (Lipinski definition) is 4. The van der Waals surface area contributed by atoms with Crippen molar-refractivity contribution in [2.24, 2.45) is 0 Å². The number of amides is 1. The lowest BCUT2D eigenvalue weighted by Gasteiger charge is -2.31. The summed E-state index contributed by atoms with van der Waals surface area (Å²) in [5.74, 6) is -0.541. The highest BCUT2D eigenvalue weighted by Gasteiger charge is 2.43. The summed E-state index contributed by atoms with van der Waals surface area (Å²) >= 11 is 0. The standard InChI is InChI=1S/C14H23F2NO4/c1-14(2,3)21-13(19)17-9(6-8-11(15)16)5-7-10(17)12(18)20-4/h9-11H,5-8H2,1-4H3/t9-,10+/m0/s1. The summed E-state index contributed by atoms with van der Waals surface area (Å²) in [5, 5.41) is 0. The largest absolute Gasteiger partial charge is 0.467 e. The molecule has 0 N–H and O–H groups in total. The zero-order valence-corrected chi connectivity index (χ0v) is 12.9. The summed E-state index contributed by atoms with van der Waals surface area (Å²) in [7, 11) is 1.24. The molecule has 0 aromatic rings. The molecule has 0 saturated carbocycles. The van der Waals surface area contributed by atoms with Crippen LogP contribution in [0.4, 0.5) is 13.6 Å². The second-order valence-corrected chi connectivity index (χ2v) is 6.13. The number of carbonyl (C=O) groups excluding carboxylic acids is 2. The maximum Gasteiger partial charge on any atom is 0.411 e. The van der Waals surface area contributed by atoms with Crippen molar-refractivity contribution in [2.45, 2.75) is 70.6 Å². The van der Waals surface area contributed by atoms with Crippen LogP contribution in [0.3, 0.4) is 0 Å². The second kappa shape index (κ2) is 7.04. The highest BCUT2D eigenvalue weighted by Crippen LogP contribution is 2.30. The van der Waals surface area contributed by atoms with Gasteiger partial charge in [0.05, 0.1) is 7.11 Å². The van der Waals surface area contributed by atoms with E-state index in [2.05, 4.69) is 4.74 Å². The molecule has 122 valence electrons. The molecule has 0 aromatic heterocycles. The molecule has 1 saturated heterocycles. The summed E-state index contributed by atoms with van der Waals surface area (Å²) in [5.41, 5.74) is -0.715. The van der Waals surface area contributed by atoms with Crippen LogP contribution >= 0.6 is 0 Å². The monoisotopic (exact) mass is 307 g/mol. The lowest BCUT2D eigenvalue weighted by Crippen LogP contribution is -2.47. The highest BCUT2D eigenvalue weighted by molar-refractivity contribution is 5.82. The maximum atomic E-state index is 12.4. The predicted molar refractivity (Wildman–Crippen MR) is 72.1 cm³/mol. The van der Waals surface area contributed by atoms with Crippen molar-refractivity contribution in [3.05, 3.63) is 0 Å². The number of alkyl halides is 2. The Morgan fingerprint density at radius 2 is 1.90 bits per heavy atom. The van der Waals surface area contributed by atoms with Crippen molar-refractivity contribution in [1.82, 2.24) is 4.90 Å². The molecular formula is C14H23F2NO4. The zero-order chi connectivity index (χ0) is 16.2.